The summed E-state index contributed by atoms with van der Waals surface area (Å²) in [5, 5.41) is 0. The maximum Gasteiger partial charge on any atom is 0.573 e. The van der Waals surface area contributed by atoms with Gasteiger partial charge in [-0.3, -0.25) is 4.98 Å². The summed E-state index contributed by atoms with van der Waals surface area (Å²) < 4.78 is 43.9. The fraction of sp³-hybridized carbons (Fsp3) is 0.286. The van der Waals surface area contributed by atoms with Crippen LogP contribution in [0, 0.1) is 0 Å². The summed E-state index contributed by atoms with van der Waals surface area (Å²) >= 11 is 0. The molecule has 0 aliphatic heterocycles. The summed E-state index contributed by atoms with van der Waals surface area (Å²) in [6, 6.07) is 0. The smallest absolute Gasteiger partial charge is 0.491 e. The second-order valence-electron chi connectivity index (χ2n) is 2.31. The van der Waals surface area contributed by atoms with Gasteiger partial charge in [-0.15, -0.1) is 13.2 Å². The predicted molar refractivity (Wildman–Crippen MR) is 41.9 cm³/mol. The molecule has 0 aliphatic rings. The van der Waals surface area contributed by atoms with Crippen LogP contribution < -0.4 is 15.2 Å². The van der Waals surface area contributed by atoms with Crippen LogP contribution in [0.4, 0.5) is 18.9 Å². The van der Waals surface area contributed by atoms with Gasteiger partial charge in [0.25, 0.3) is 0 Å². The number of nitrogens with zero attached hydrogens (tertiary/aromatic N) is 1. The molecule has 0 spiro atoms. The monoisotopic (exact) mass is 208 g/mol. The van der Waals surface area contributed by atoms with Gasteiger partial charge in [-0.25, -0.2) is 0 Å². The van der Waals surface area contributed by atoms with Crippen molar-refractivity contribution < 1.29 is 22.6 Å². The van der Waals surface area contributed by atoms with E-state index >= 15 is 0 Å². The fourth-order valence-corrected chi connectivity index (χ4v) is 0.815. The lowest BCUT2D eigenvalue weighted by atomic mass is 10.3. The third-order valence-corrected chi connectivity index (χ3v) is 1.33. The number of hydrogen-bond donors (Lipinski definition) is 1. The first-order chi connectivity index (χ1) is 6.44. The lowest BCUT2D eigenvalue weighted by Crippen LogP contribution is -2.18. The third kappa shape index (κ3) is 2.41. The number of nitrogen functional groups attached to an aromatic ring is 1. The Kier molecular flexibility index (Phi) is 2.68. The highest BCUT2D eigenvalue weighted by molar-refractivity contribution is 5.57. The molecule has 0 unspecified atom stereocenters. The van der Waals surface area contributed by atoms with E-state index in [0.717, 1.165) is 12.4 Å². The molecule has 1 rings (SSSR count). The van der Waals surface area contributed by atoms with Crippen LogP contribution in [-0.2, 0) is 0 Å². The minimum absolute atomic E-state index is 0.165. The van der Waals surface area contributed by atoms with Gasteiger partial charge in [0.1, 0.15) is 0 Å². The first-order valence-corrected chi connectivity index (χ1v) is 3.47. The Hall–Kier alpha value is -1.66. The zero-order chi connectivity index (χ0) is 10.8. The number of nitrogens with two attached hydrogens (primary N) is 1. The number of ether oxygens (including phenoxy) is 2. The number of anilines is 1. The molecular weight excluding hydrogens is 201 g/mol. The van der Waals surface area contributed by atoms with E-state index in [2.05, 4.69) is 14.5 Å². The van der Waals surface area contributed by atoms with Crippen LogP contribution in [0.2, 0.25) is 0 Å². The van der Waals surface area contributed by atoms with Gasteiger partial charge >= 0.3 is 6.36 Å². The second-order valence-corrected chi connectivity index (χ2v) is 2.31. The van der Waals surface area contributed by atoms with Crippen LogP contribution in [-0.4, -0.2) is 18.5 Å². The molecule has 0 fully saturated rings. The van der Waals surface area contributed by atoms with Crippen LogP contribution in [0.25, 0.3) is 0 Å². The molecule has 14 heavy (non-hydrogen) atoms. The predicted octanol–water partition coefficient (Wildman–Crippen LogP) is 1.57. The van der Waals surface area contributed by atoms with E-state index in [1.54, 1.807) is 0 Å². The van der Waals surface area contributed by atoms with Gasteiger partial charge in [0.2, 0.25) is 0 Å². The van der Waals surface area contributed by atoms with Gasteiger partial charge < -0.3 is 15.2 Å². The Bertz CT molecular complexity index is 327. The minimum atomic E-state index is -4.80. The Morgan fingerprint density at radius 1 is 1.36 bits per heavy atom. The van der Waals surface area contributed by atoms with E-state index in [9.17, 15) is 13.2 Å². The Labute approximate surface area is 77.4 Å². The highest BCUT2D eigenvalue weighted by atomic mass is 19.4. The molecular formula is C7H7F3N2O2. The lowest BCUT2D eigenvalue weighted by molar-refractivity contribution is -0.274. The van der Waals surface area contributed by atoms with E-state index < -0.39 is 12.1 Å². The van der Waals surface area contributed by atoms with Crippen molar-refractivity contribution in [2.45, 2.75) is 6.36 Å². The van der Waals surface area contributed by atoms with Gasteiger partial charge in [0.05, 0.1) is 25.2 Å². The standard InChI is InChI=1S/C7H7F3N2O2/c1-13-5-3-12-2-4(11)6(5)14-7(8,9)10/h2-3H,11H2,1H3. The quantitative estimate of drug-likeness (QED) is 0.801. The summed E-state index contributed by atoms with van der Waals surface area (Å²) in [6.45, 7) is 0. The normalized spacial score (nSPS) is 11.1. The van der Waals surface area contributed by atoms with Gasteiger partial charge in [0.15, 0.2) is 11.5 Å². The van der Waals surface area contributed by atoms with Crippen molar-refractivity contribution in [1.82, 2.24) is 4.98 Å². The van der Waals surface area contributed by atoms with E-state index in [-0.39, 0.29) is 11.4 Å². The van der Waals surface area contributed by atoms with Gasteiger partial charge in [-0.1, -0.05) is 0 Å². The van der Waals surface area contributed by atoms with Crippen molar-refractivity contribution in [3.05, 3.63) is 12.4 Å². The molecule has 78 valence electrons. The van der Waals surface area contributed by atoms with E-state index in [0.29, 0.717) is 0 Å². The highest BCUT2D eigenvalue weighted by Gasteiger charge is 2.33. The molecule has 0 aromatic carbocycles. The molecule has 0 saturated heterocycles. The maximum atomic E-state index is 11.9. The van der Waals surface area contributed by atoms with Crippen molar-refractivity contribution in [2.75, 3.05) is 12.8 Å². The van der Waals surface area contributed by atoms with Crippen molar-refractivity contribution in [3.63, 3.8) is 0 Å². The number of alkyl halides is 3. The average Bonchev–Trinajstić information content (AvgIpc) is 2.06. The molecule has 0 radical (unpaired) electrons. The van der Waals surface area contributed by atoms with Crippen LogP contribution in [0.3, 0.4) is 0 Å². The van der Waals surface area contributed by atoms with Crippen molar-refractivity contribution >= 4 is 5.69 Å². The summed E-state index contributed by atoms with van der Waals surface area (Å²) in [5.41, 5.74) is 5.00. The number of pyridine rings is 1. The Balaban J connectivity index is 3.05. The summed E-state index contributed by atoms with van der Waals surface area (Å²) in [6.07, 6.45) is -2.68. The molecule has 1 aromatic heterocycles. The molecule has 1 heterocycles. The largest absolute Gasteiger partial charge is 0.573 e. The Morgan fingerprint density at radius 3 is 2.50 bits per heavy atom. The van der Waals surface area contributed by atoms with Gasteiger partial charge in [-0.2, -0.15) is 0 Å². The molecule has 4 nitrogen and oxygen atoms in total. The number of rotatable bonds is 2. The molecule has 0 atom stereocenters. The summed E-state index contributed by atoms with van der Waals surface area (Å²) in [5.74, 6) is -0.739. The van der Waals surface area contributed by atoms with Gasteiger partial charge in [0, 0.05) is 0 Å². The lowest BCUT2D eigenvalue weighted by Gasteiger charge is -2.13. The van der Waals surface area contributed by atoms with E-state index in [1.807, 2.05) is 0 Å². The fourth-order valence-electron chi connectivity index (χ4n) is 0.815. The molecule has 1 aromatic rings. The molecule has 0 amide bonds. The molecule has 0 saturated carbocycles. The minimum Gasteiger partial charge on any atom is -0.491 e. The first kappa shape index (κ1) is 10.4. The second kappa shape index (κ2) is 3.60. The van der Waals surface area contributed by atoms with Crippen LogP contribution >= 0.6 is 0 Å². The van der Waals surface area contributed by atoms with Crippen LogP contribution in [0.1, 0.15) is 0 Å². The summed E-state index contributed by atoms with van der Waals surface area (Å²) in [7, 11) is 1.19. The number of methoxy groups -OCH3 is 1. The molecule has 7 heteroatoms. The third-order valence-electron chi connectivity index (χ3n) is 1.33. The number of hydrogen-bond acceptors (Lipinski definition) is 4. The van der Waals surface area contributed by atoms with Crippen LogP contribution in [0.5, 0.6) is 11.5 Å². The average molecular weight is 208 g/mol. The summed E-state index contributed by atoms with van der Waals surface area (Å²) in [4.78, 5) is 3.55. The van der Waals surface area contributed by atoms with Crippen LogP contribution in [0.15, 0.2) is 12.4 Å². The SMILES string of the molecule is COc1cncc(N)c1OC(F)(F)F. The van der Waals surface area contributed by atoms with E-state index in [1.165, 1.54) is 7.11 Å². The van der Waals surface area contributed by atoms with Crippen molar-refractivity contribution in [3.8, 4) is 11.5 Å². The molecule has 0 aliphatic carbocycles. The van der Waals surface area contributed by atoms with Gasteiger partial charge in [-0.05, 0) is 0 Å². The highest BCUT2D eigenvalue weighted by Crippen LogP contribution is 2.35. The molecule has 2 N–H and O–H groups in total. The zero-order valence-electron chi connectivity index (χ0n) is 7.13. The van der Waals surface area contributed by atoms with Crippen molar-refractivity contribution in [1.29, 1.82) is 0 Å². The first-order valence-electron chi connectivity index (χ1n) is 3.47. The van der Waals surface area contributed by atoms with E-state index in [4.69, 9.17) is 5.73 Å². The maximum absolute atomic E-state index is 11.9. The topological polar surface area (TPSA) is 57.4 Å². The van der Waals surface area contributed by atoms with Crippen molar-refractivity contribution in [2.24, 2.45) is 0 Å². The Morgan fingerprint density at radius 2 is 2.00 bits per heavy atom. The number of aromatic nitrogens is 1. The molecule has 0 bridgehead atoms. The number of halogens is 3. The zero-order valence-corrected chi connectivity index (χ0v) is 7.13.